The number of carbonyl (C=O) groups excluding carboxylic acids is 2. The van der Waals surface area contributed by atoms with E-state index in [1.54, 1.807) is 42.5 Å². The van der Waals surface area contributed by atoms with E-state index in [1.165, 1.54) is 7.11 Å². The van der Waals surface area contributed by atoms with E-state index >= 15 is 0 Å². The summed E-state index contributed by atoms with van der Waals surface area (Å²) in [6.45, 7) is 3.49. The molecule has 0 bridgehead atoms. The maximum atomic E-state index is 12.8. The minimum absolute atomic E-state index is 0.0306. The molecule has 0 spiro atoms. The zero-order valence-corrected chi connectivity index (χ0v) is 24.9. The van der Waals surface area contributed by atoms with E-state index < -0.39 is 5.97 Å². The number of benzene rings is 3. The van der Waals surface area contributed by atoms with Crippen molar-refractivity contribution in [1.29, 1.82) is 0 Å². The molecule has 2 N–H and O–H groups in total. The number of ether oxygens (including phenoxy) is 2. The lowest BCUT2D eigenvalue weighted by atomic mass is 10.00. The highest BCUT2D eigenvalue weighted by Gasteiger charge is 2.21. The van der Waals surface area contributed by atoms with Crippen LogP contribution in [0.5, 0.6) is 5.88 Å². The first kappa shape index (κ1) is 30.2. The van der Waals surface area contributed by atoms with Crippen LogP contribution < -0.4 is 0 Å². The van der Waals surface area contributed by atoms with E-state index in [2.05, 4.69) is 28.9 Å². The summed E-state index contributed by atoms with van der Waals surface area (Å²) in [4.78, 5) is 37.4. The zero-order valence-electron chi connectivity index (χ0n) is 24.9. The molecule has 0 unspecified atom stereocenters. The van der Waals surface area contributed by atoms with Crippen molar-refractivity contribution in [3.05, 3.63) is 95.1 Å². The molecule has 1 fully saturated rings. The summed E-state index contributed by atoms with van der Waals surface area (Å²) in [7, 11) is 5.59. The number of rotatable bonds is 11. The van der Waals surface area contributed by atoms with Gasteiger partial charge in [-0.1, -0.05) is 36.4 Å². The minimum Gasteiger partial charge on any atom is -0.494 e. The van der Waals surface area contributed by atoms with Crippen LogP contribution in [0, 0.1) is 0 Å². The number of aromatic nitrogens is 1. The largest absolute Gasteiger partial charge is 0.494 e. The van der Waals surface area contributed by atoms with Gasteiger partial charge >= 0.3 is 5.97 Å². The third-order valence-electron chi connectivity index (χ3n) is 7.99. The topological polar surface area (TPSA) is 107 Å². The van der Waals surface area contributed by atoms with Crippen molar-refractivity contribution in [3.63, 3.8) is 0 Å². The van der Waals surface area contributed by atoms with E-state index in [1.807, 2.05) is 30.3 Å². The molecule has 0 saturated carbocycles. The van der Waals surface area contributed by atoms with Crippen molar-refractivity contribution in [2.75, 3.05) is 54.1 Å². The Labute approximate surface area is 251 Å². The van der Waals surface area contributed by atoms with Gasteiger partial charge in [0.05, 0.1) is 36.2 Å². The molecule has 4 aromatic rings. The molecule has 2 heterocycles. The number of Topliss-reactive ketones (excluding diaryl/α,β-unsaturated/α-hetero) is 1. The Morgan fingerprint density at radius 1 is 0.977 bits per heavy atom. The van der Waals surface area contributed by atoms with Gasteiger partial charge in [0.1, 0.15) is 6.61 Å². The number of methoxy groups -OCH3 is 1. The molecule has 0 amide bonds. The summed E-state index contributed by atoms with van der Waals surface area (Å²) < 4.78 is 10.6. The predicted molar refractivity (Wildman–Crippen MR) is 168 cm³/mol. The third-order valence-corrected chi connectivity index (χ3v) is 7.99. The second-order valence-electron chi connectivity index (χ2n) is 11.0. The van der Waals surface area contributed by atoms with Crippen LogP contribution in [-0.4, -0.2) is 97.4 Å². The zero-order chi connectivity index (χ0) is 30.3. The molecule has 0 aliphatic carbocycles. The molecule has 0 atom stereocenters. The summed E-state index contributed by atoms with van der Waals surface area (Å²) >= 11 is 0. The Morgan fingerprint density at radius 3 is 2.35 bits per heavy atom. The maximum absolute atomic E-state index is 12.8. The second-order valence-corrected chi connectivity index (χ2v) is 11.0. The van der Waals surface area contributed by atoms with E-state index in [0.29, 0.717) is 51.6 Å². The number of H-pyrrole nitrogens is 1. The van der Waals surface area contributed by atoms with Crippen molar-refractivity contribution < 1.29 is 24.2 Å². The summed E-state index contributed by atoms with van der Waals surface area (Å²) in [5.74, 6) is -0.610. The second kappa shape index (κ2) is 13.8. The van der Waals surface area contributed by atoms with E-state index in [0.717, 1.165) is 38.0 Å². The molecule has 1 saturated heterocycles. The van der Waals surface area contributed by atoms with Gasteiger partial charge in [0.2, 0.25) is 0 Å². The number of hydrogen-bond acceptors (Lipinski definition) is 8. The average molecular weight is 583 g/mol. The Hall–Kier alpha value is -4.31. The van der Waals surface area contributed by atoms with Crippen molar-refractivity contribution >= 4 is 34.1 Å². The Morgan fingerprint density at radius 2 is 1.67 bits per heavy atom. The van der Waals surface area contributed by atoms with Crippen LogP contribution in [0.4, 0.5) is 5.69 Å². The fourth-order valence-electron chi connectivity index (χ4n) is 5.48. The van der Waals surface area contributed by atoms with E-state index in [9.17, 15) is 14.7 Å². The van der Waals surface area contributed by atoms with Crippen molar-refractivity contribution in [3.8, 4) is 5.88 Å². The van der Waals surface area contributed by atoms with Gasteiger partial charge in [-0.25, -0.2) is 9.79 Å². The standard InChI is InChI=1S/C34H38N4O5/c1-37(2)27-15-17-38(18-16-27)19-20-43-22-30(39)23-9-12-26(13-10-23)35-32(24-7-5-4-6-8-24)31-28-14-11-25(34(41)42-3)21-29(28)36-33(31)40/h4-14,21,27,36,40H,15-20,22H2,1-3H3. The highest BCUT2D eigenvalue weighted by Crippen LogP contribution is 2.32. The number of carbonyl (C=O) groups is 2. The lowest BCUT2D eigenvalue weighted by molar-refractivity contribution is 0.0600. The van der Waals surface area contributed by atoms with Gasteiger partial charge in [0, 0.05) is 34.6 Å². The first-order valence-electron chi connectivity index (χ1n) is 14.5. The molecule has 9 heteroatoms. The van der Waals surface area contributed by atoms with Gasteiger partial charge in [-0.15, -0.1) is 0 Å². The van der Waals surface area contributed by atoms with Gasteiger partial charge in [-0.2, -0.15) is 0 Å². The molecule has 43 heavy (non-hydrogen) atoms. The van der Waals surface area contributed by atoms with Gasteiger partial charge in [0.15, 0.2) is 11.7 Å². The van der Waals surface area contributed by atoms with Crippen LogP contribution >= 0.6 is 0 Å². The van der Waals surface area contributed by atoms with Gasteiger partial charge in [0.25, 0.3) is 0 Å². The lowest BCUT2D eigenvalue weighted by Gasteiger charge is -2.35. The van der Waals surface area contributed by atoms with Gasteiger partial charge < -0.3 is 29.4 Å². The summed E-state index contributed by atoms with van der Waals surface area (Å²) in [5.41, 5.74) is 3.99. The quantitative estimate of drug-likeness (QED) is 0.110. The Balaban J connectivity index is 1.29. The SMILES string of the molecule is COC(=O)c1ccc2c(C(=Nc3ccc(C(=O)COCCN4CCC(N(C)C)CC4)cc3)c3ccccc3)c(O)[nH]c2c1. The average Bonchev–Trinajstić information content (AvgIpc) is 3.36. The summed E-state index contributed by atoms with van der Waals surface area (Å²) in [6, 6.07) is 22.3. The number of hydrogen-bond donors (Lipinski definition) is 2. The van der Waals surface area contributed by atoms with Crippen LogP contribution in [0.3, 0.4) is 0 Å². The number of ketones is 1. The highest BCUT2D eigenvalue weighted by atomic mass is 16.5. The molecule has 1 aliphatic heterocycles. The lowest BCUT2D eigenvalue weighted by Crippen LogP contribution is -2.43. The van der Waals surface area contributed by atoms with Crippen LogP contribution in [0.2, 0.25) is 0 Å². The van der Waals surface area contributed by atoms with Crippen LogP contribution in [-0.2, 0) is 9.47 Å². The van der Waals surface area contributed by atoms with Gasteiger partial charge in [-0.3, -0.25) is 4.79 Å². The fourth-order valence-corrected chi connectivity index (χ4v) is 5.48. The molecular weight excluding hydrogens is 544 g/mol. The normalized spacial score (nSPS) is 14.8. The monoisotopic (exact) mass is 582 g/mol. The van der Waals surface area contributed by atoms with Crippen LogP contribution in [0.15, 0.2) is 77.8 Å². The number of esters is 1. The number of aromatic hydroxyl groups is 1. The van der Waals surface area contributed by atoms with Crippen molar-refractivity contribution in [2.45, 2.75) is 18.9 Å². The molecule has 9 nitrogen and oxygen atoms in total. The summed E-state index contributed by atoms with van der Waals surface area (Å²) in [6.07, 6.45) is 2.31. The Bertz CT molecular complexity index is 1590. The Kier molecular flexibility index (Phi) is 9.66. The number of piperidine rings is 1. The van der Waals surface area contributed by atoms with Crippen LogP contribution in [0.25, 0.3) is 10.9 Å². The summed E-state index contributed by atoms with van der Waals surface area (Å²) in [5, 5.41) is 11.7. The molecule has 1 aromatic heterocycles. The van der Waals surface area contributed by atoms with Crippen molar-refractivity contribution in [2.24, 2.45) is 4.99 Å². The molecular formula is C34H38N4O5. The molecule has 0 radical (unpaired) electrons. The number of nitrogens with zero attached hydrogens (tertiary/aromatic N) is 3. The number of aliphatic imine (C=N–C) groups is 1. The van der Waals surface area contributed by atoms with Crippen LogP contribution in [0.1, 0.15) is 44.7 Å². The number of likely N-dealkylation sites (tertiary alicyclic amines) is 1. The third kappa shape index (κ3) is 7.19. The molecule has 3 aromatic carbocycles. The van der Waals surface area contributed by atoms with E-state index in [4.69, 9.17) is 14.5 Å². The first-order chi connectivity index (χ1) is 20.8. The number of fused-ring (bicyclic) bond motifs is 1. The fraction of sp³-hybridized carbons (Fsp3) is 0.324. The number of nitrogens with one attached hydrogen (secondary N) is 1. The molecule has 224 valence electrons. The molecule has 5 rings (SSSR count). The maximum Gasteiger partial charge on any atom is 0.337 e. The minimum atomic E-state index is -0.463. The highest BCUT2D eigenvalue weighted by molar-refractivity contribution is 6.22. The van der Waals surface area contributed by atoms with Crippen molar-refractivity contribution in [1.82, 2.24) is 14.8 Å². The number of aromatic amines is 1. The van der Waals surface area contributed by atoms with Gasteiger partial charge in [-0.05, 0) is 76.4 Å². The van der Waals surface area contributed by atoms with E-state index in [-0.39, 0.29) is 18.3 Å². The first-order valence-corrected chi connectivity index (χ1v) is 14.5. The molecule has 1 aliphatic rings. The smallest absolute Gasteiger partial charge is 0.337 e. The predicted octanol–water partition coefficient (Wildman–Crippen LogP) is 5.05.